The van der Waals surface area contributed by atoms with Gasteiger partial charge in [-0.2, -0.15) is 5.26 Å². The Morgan fingerprint density at radius 1 is 0.545 bits per heavy atom. The summed E-state index contributed by atoms with van der Waals surface area (Å²) in [7, 11) is -21.3. The molecule has 2 heterocycles. The van der Waals surface area contributed by atoms with Crippen molar-refractivity contribution in [2.24, 2.45) is 0 Å². The number of hydrogen-bond donors (Lipinski definition) is 0. The van der Waals surface area contributed by atoms with Crippen LogP contribution in [0.15, 0.2) is 97.6 Å². The number of nitriles is 1. The Labute approximate surface area is 241 Å². The van der Waals surface area contributed by atoms with E-state index in [1.165, 1.54) is 0 Å². The van der Waals surface area contributed by atoms with E-state index in [0.29, 0.717) is 11.1 Å². The SMILES string of the molecule is F[P-](F)(F)(F)(F)F.F[P-](F)(F)(F)(F)F.N#Cc1ccc(C[n+]2ccc(-c3cc[n+](Cc4ccc(C=O)cc4)cc3)cc2)cc1. The van der Waals surface area contributed by atoms with Crippen molar-refractivity contribution < 1.29 is 64.3 Å². The first kappa shape index (κ1) is 36.1. The van der Waals surface area contributed by atoms with E-state index in [2.05, 4.69) is 64.3 Å². The van der Waals surface area contributed by atoms with Crippen molar-refractivity contribution in [3.8, 4) is 17.2 Å². The van der Waals surface area contributed by atoms with E-state index in [1.807, 2.05) is 48.5 Å². The molecule has 0 fully saturated rings. The van der Waals surface area contributed by atoms with Crippen LogP contribution in [-0.4, -0.2) is 6.29 Å². The van der Waals surface area contributed by atoms with E-state index in [1.54, 1.807) is 0 Å². The van der Waals surface area contributed by atoms with Crippen LogP contribution < -0.4 is 9.13 Å². The summed E-state index contributed by atoms with van der Waals surface area (Å²) in [5.74, 6) is 0. The van der Waals surface area contributed by atoms with E-state index in [4.69, 9.17) is 5.26 Å². The number of nitrogens with zero attached hydrogens (tertiary/aromatic N) is 3. The smallest absolute Gasteiger partial charge is 0.173 e. The van der Waals surface area contributed by atoms with E-state index in [0.717, 1.165) is 41.6 Å². The minimum absolute atomic E-state index is 0.679. The molecule has 44 heavy (non-hydrogen) atoms. The summed E-state index contributed by atoms with van der Waals surface area (Å²) in [6.45, 7) is 1.53. The molecule has 0 bridgehead atoms. The molecule has 4 nitrogen and oxygen atoms in total. The Hall–Kier alpha value is -4.08. The van der Waals surface area contributed by atoms with Gasteiger partial charge in [0.25, 0.3) is 0 Å². The second kappa shape index (κ2) is 11.4. The molecule has 0 saturated heterocycles. The van der Waals surface area contributed by atoms with Gasteiger partial charge in [-0.3, -0.25) is 4.79 Å². The molecule has 4 rings (SSSR count). The minimum atomic E-state index is -10.7. The van der Waals surface area contributed by atoms with Crippen molar-refractivity contribution in [3.05, 3.63) is 120 Å². The summed E-state index contributed by atoms with van der Waals surface area (Å²) in [6, 6.07) is 25.9. The normalized spacial score (nSPS) is 14.4. The molecule has 2 aromatic heterocycles. The molecule has 0 aliphatic heterocycles. The van der Waals surface area contributed by atoms with E-state index in [-0.39, 0.29) is 0 Å². The molecule has 0 aliphatic rings. The van der Waals surface area contributed by atoms with Crippen LogP contribution in [0, 0.1) is 11.3 Å². The first-order chi connectivity index (χ1) is 19.6. The Bertz CT molecular complexity index is 1570. The summed E-state index contributed by atoms with van der Waals surface area (Å²) in [5, 5.41) is 8.90. The van der Waals surface area contributed by atoms with Crippen LogP contribution in [0.3, 0.4) is 0 Å². The molecule has 2 aromatic carbocycles. The van der Waals surface area contributed by atoms with Crippen molar-refractivity contribution in [3.63, 3.8) is 0 Å². The number of carbonyl (C=O) groups excluding carboxylic acids is 1. The van der Waals surface area contributed by atoms with Crippen LogP contribution in [0.4, 0.5) is 50.4 Å². The van der Waals surface area contributed by atoms with Crippen LogP contribution in [-0.2, 0) is 13.1 Å². The van der Waals surface area contributed by atoms with Gasteiger partial charge in [-0.1, -0.05) is 36.4 Å². The van der Waals surface area contributed by atoms with E-state index >= 15 is 0 Å². The van der Waals surface area contributed by atoms with Gasteiger partial charge in [0.1, 0.15) is 6.29 Å². The molecule has 0 unspecified atom stereocenters. The zero-order valence-electron chi connectivity index (χ0n) is 21.9. The van der Waals surface area contributed by atoms with Gasteiger partial charge in [-0.25, -0.2) is 9.13 Å². The summed E-state index contributed by atoms with van der Waals surface area (Å²) >= 11 is 0. The van der Waals surface area contributed by atoms with Gasteiger partial charge in [0.2, 0.25) is 0 Å². The maximum atomic E-state index is 10.8. The molecular formula is C26H21F12N3OP2. The maximum Gasteiger partial charge on any atom is 0.173 e. The summed E-state index contributed by atoms with van der Waals surface area (Å²) in [4.78, 5) is 10.8. The standard InChI is InChI=1S/C26H21N3O.2F6P/c27-17-21-1-3-22(4-2-21)18-28-13-9-25(10-14-28)26-11-15-29(16-12-26)19-23-5-7-24(20-30)8-6-23;2*1-7(2,3,4,5)6/h1-16,20H,18-19H2;;/q+2;2*-1. The largest absolute Gasteiger partial charge is 0.298 e. The molecule has 0 saturated carbocycles. The Kier molecular flexibility index (Phi) is 9.40. The quantitative estimate of drug-likeness (QED) is 0.0881. The first-order valence-corrected chi connectivity index (χ1v) is 15.8. The average Bonchev–Trinajstić information content (AvgIpc) is 2.87. The maximum absolute atomic E-state index is 10.8. The van der Waals surface area contributed by atoms with Crippen molar-refractivity contribution in [1.82, 2.24) is 0 Å². The van der Waals surface area contributed by atoms with Gasteiger partial charge in [-0.15, -0.1) is 0 Å². The number of aromatic nitrogens is 2. The summed E-state index contributed by atoms with van der Waals surface area (Å²) < 4.78 is 123. The molecule has 0 spiro atoms. The minimum Gasteiger partial charge on any atom is -0.298 e. The zero-order chi connectivity index (χ0) is 33.6. The van der Waals surface area contributed by atoms with Crippen molar-refractivity contribution in [2.75, 3.05) is 0 Å². The van der Waals surface area contributed by atoms with Crippen LogP contribution in [0.2, 0.25) is 0 Å². The van der Waals surface area contributed by atoms with Gasteiger partial charge < -0.3 is 0 Å². The van der Waals surface area contributed by atoms with Crippen LogP contribution in [0.5, 0.6) is 0 Å². The molecule has 0 N–H and O–H groups in total. The molecule has 0 atom stereocenters. The second-order valence-electron chi connectivity index (χ2n) is 9.10. The third-order valence-electron chi connectivity index (χ3n) is 5.04. The third kappa shape index (κ3) is 19.2. The van der Waals surface area contributed by atoms with Gasteiger partial charge in [0.05, 0.1) is 11.6 Å². The Balaban J connectivity index is 0.000000402. The molecular weight excluding hydrogens is 660 g/mol. The Morgan fingerprint density at radius 3 is 1.11 bits per heavy atom. The van der Waals surface area contributed by atoms with Gasteiger partial charge in [0, 0.05) is 41.0 Å². The predicted molar refractivity (Wildman–Crippen MR) is 141 cm³/mol. The number of benzene rings is 2. The number of halogens is 12. The first-order valence-electron chi connectivity index (χ1n) is 11.8. The summed E-state index contributed by atoms with van der Waals surface area (Å²) in [5.41, 5.74) is 6.01. The molecule has 18 heteroatoms. The van der Waals surface area contributed by atoms with Crippen molar-refractivity contribution in [2.45, 2.75) is 13.1 Å². The fourth-order valence-electron chi connectivity index (χ4n) is 3.32. The van der Waals surface area contributed by atoms with Crippen LogP contribution in [0.25, 0.3) is 11.1 Å². The van der Waals surface area contributed by atoms with E-state index in [9.17, 15) is 55.2 Å². The van der Waals surface area contributed by atoms with Crippen molar-refractivity contribution in [1.29, 1.82) is 5.26 Å². The van der Waals surface area contributed by atoms with Crippen molar-refractivity contribution >= 4 is 21.9 Å². The van der Waals surface area contributed by atoms with Gasteiger partial charge >= 0.3 is 66.0 Å². The molecule has 0 aliphatic carbocycles. The second-order valence-corrected chi connectivity index (χ2v) is 12.9. The number of hydrogen-bond acceptors (Lipinski definition) is 2. The fourth-order valence-corrected chi connectivity index (χ4v) is 3.32. The Morgan fingerprint density at radius 2 is 0.841 bits per heavy atom. The zero-order valence-corrected chi connectivity index (χ0v) is 23.7. The number of rotatable bonds is 6. The van der Waals surface area contributed by atoms with E-state index < -0.39 is 15.6 Å². The topological polar surface area (TPSA) is 48.6 Å². The third-order valence-corrected chi connectivity index (χ3v) is 5.04. The number of pyridine rings is 2. The van der Waals surface area contributed by atoms with Gasteiger partial charge in [0.15, 0.2) is 37.9 Å². The molecule has 0 radical (unpaired) electrons. The number of carbonyl (C=O) groups is 1. The predicted octanol–water partition coefficient (Wildman–Crippen LogP) is 10.5. The monoisotopic (exact) mass is 681 g/mol. The average molecular weight is 681 g/mol. The number of aldehydes is 1. The fraction of sp³-hybridized carbons (Fsp3) is 0.0769. The molecule has 240 valence electrons. The summed E-state index contributed by atoms with van der Waals surface area (Å²) in [6.07, 6.45) is 9.15. The van der Waals surface area contributed by atoms with Gasteiger partial charge in [-0.05, 0) is 23.3 Å². The van der Waals surface area contributed by atoms with Crippen LogP contribution >= 0.6 is 15.6 Å². The van der Waals surface area contributed by atoms with Crippen LogP contribution in [0.1, 0.15) is 27.0 Å². The molecule has 4 aromatic rings. The molecule has 0 amide bonds.